The summed E-state index contributed by atoms with van der Waals surface area (Å²) in [6.07, 6.45) is 2.98. The maximum absolute atomic E-state index is 14.1. The lowest BCUT2D eigenvalue weighted by atomic mass is 9.99. The highest BCUT2D eigenvalue weighted by Gasteiger charge is 2.30. The van der Waals surface area contributed by atoms with Gasteiger partial charge in [-0.3, -0.25) is 0 Å². The van der Waals surface area contributed by atoms with E-state index >= 15 is 0 Å². The molecule has 2 aromatic carbocycles. The van der Waals surface area contributed by atoms with Crippen molar-refractivity contribution in [3.8, 4) is 5.75 Å². The second kappa shape index (κ2) is 9.19. The molecule has 0 spiro atoms. The quantitative estimate of drug-likeness (QED) is 0.472. The summed E-state index contributed by atoms with van der Waals surface area (Å²) in [6.45, 7) is 1.04. The van der Waals surface area contributed by atoms with Crippen LogP contribution in [0.3, 0.4) is 0 Å². The van der Waals surface area contributed by atoms with Crippen LogP contribution in [0.1, 0.15) is 47.5 Å². The Morgan fingerprint density at radius 1 is 1.00 bits per heavy atom. The van der Waals surface area contributed by atoms with Crippen LogP contribution in [-0.2, 0) is 11.0 Å². The predicted octanol–water partition coefficient (Wildman–Crippen LogP) is 4.63. The Morgan fingerprint density at radius 2 is 1.62 bits per heavy atom. The highest BCUT2D eigenvalue weighted by atomic mass is 32.2. The Balaban J connectivity index is 1.36. The predicted molar refractivity (Wildman–Crippen MR) is 108 cm³/mol. The van der Waals surface area contributed by atoms with E-state index in [2.05, 4.69) is 0 Å². The summed E-state index contributed by atoms with van der Waals surface area (Å²) in [5.41, 5.74) is 0.325. The molecule has 2 fully saturated rings. The summed E-state index contributed by atoms with van der Waals surface area (Å²) >= 11 is 0. The normalized spacial score (nSPS) is 18.5. The molecule has 1 heterocycles. The maximum atomic E-state index is 14.1. The van der Waals surface area contributed by atoms with E-state index in [4.69, 9.17) is 9.84 Å². The molecule has 5 nitrogen and oxygen atoms in total. The van der Waals surface area contributed by atoms with Gasteiger partial charge in [0.25, 0.3) is 0 Å². The molecule has 1 unspecified atom stereocenters. The topological polar surface area (TPSA) is 66.8 Å². The molecule has 4 rings (SSSR count). The second-order valence-corrected chi connectivity index (χ2v) is 9.57. The standard InChI is InChI=1S/C22H21F4NO4S/c23-17-10-20(15(13-1-2-13)9-16(17)22(28)29)31-11-12-3-5-27(6-4-12)32(30)14-7-18(24)21(26)19(25)8-14/h7-10,12-13H,1-6,11H2,(H,28,29). The van der Waals surface area contributed by atoms with E-state index in [1.165, 1.54) is 6.07 Å². The molecule has 2 aliphatic rings. The third-order valence-corrected chi connectivity index (χ3v) is 7.26. The molecule has 172 valence electrons. The Morgan fingerprint density at radius 3 is 2.19 bits per heavy atom. The minimum absolute atomic E-state index is 0.0826. The van der Waals surface area contributed by atoms with Crippen LogP contribution in [0.2, 0.25) is 0 Å². The molecule has 0 bridgehead atoms. The summed E-state index contributed by atoms with van der Waals surface area (Å²) in [5, 5.41) is 9.14. The number of piperidine rings is 1. The summed E-state index contributed by atoms with van der Waals surface area (Å²) < 4.78 is 74.2. The van der Waals surface area contributed by atoms with Crippen molar-refractivity contribution in [1.29, 1.82) is 0 Å². The molecule has 0 aromatic heterocycles. The lowest BCUT2D eigenvalue weighted by Gasteiger charge is -2.31. The monoisotopic (exact) mass is 471 g/mol. The first-order chi connectivity index (χ1) is 15.2. The Hall–Kier alpha value is -2.46. The SMILES string of the molecule is O=C(O)c1cc(C2CC2)c(OCC2CCN(S(=O)c3cc(F)c(F)c(F)c3)CC2)cc1F. The van der Waals surface area contributed by atoms with E-state index in [9.17, 15) is 26.6 Å². The van der Waals surface area contributed by atoms with E-state index in [1.807, 2.05) is 0 Å². The fraction of sp³-hybridized carbons (Fsp3) is 0.409. The molecular weight excluding hydrogens is 450 g/mol. The zero-order chi connectivity index (χ0) is 23.0. The molecule has 1 aliphatic carbocycles. The maximum Gasteiger partial charge on any atom is 0.338 e. The number of aromatic carboxylic acids is 1. The number of hydrogen-bond acceptors (Lipinski definition) is 3. The highest BCUT2D eigenvalue weighted by molar-refractivity contribution is 7.82. The number of hydrogen-bond donors (Lipinski definition) is 1. The summed E-state index contributed by atoms with van der Waals surface area (Å²) in [7, 11) is -1.82. The Bertz CT molecular complexity index is 1050. The molecule has 0 amide bonds. The van der Waals surface area contributed by atoms with Crippen LogP contribution in [-0.4, -0.2) is 39.3 Å². The molecule has 32 heavy (non-hydrogen) atoms. The van der Waals surface area contributed by atoms with Crippen LogP contribution in [0.25, 0.3) is 0 Å². The zero-order valence-corrected chi connectivity index (χ0v) is 17.8. The van der Waals surface area contributed by atoms with Gasteiger partial charge in [-0.2, -0.15) is 0 Å². The molecule has 2 aromatic rings. The van der Waals surface area contributed by atoms with Crippen LogP contribution in [0.5, 0.6) is 5.75 Å². The van der Waals surface area contributed by atoms with Crippen molar-refractivity contribution in [2.45, 2.75) is 36.5 Å². The number of ether oxygens (including phenoxy) is 1. The van der Waals surface area contributed by atoms with E-state index in [-0.39, 0.29) is 28.9 Å². The minimum Gasteiger partial charge on any atom is -0.493 e. The summed E-state index contributed by atoms with van der Waals surface area (Å²) in [4.78, 5) is 11.1. The Labute approximate surface area is 184 Å². The fourth-order valence-electron chi connectivity index (χ4n) is 3.81. The molecule has 1 saturated heterocycles. The minimum atomic E-state index is -1.82. The molecule has 10 heteroatoms. The van der Waals surface area contributed by atoms with Crippen molar-refractivity contribution in [2.75, 3.05) is 19.7 Å². The first-order valence-electron chi connectivity index (χ1n) is 10.3. The zero-order valence-electron chi connectivity index (χ0n) is 17.0. The third-order valence-electron chi connectivity index (χ3n) is 5.79. The van der Waals surface area contributed by atoms with Gasteiger partial charge in [0.2, 0.25) is 0 Å². The van der Waals surface area contributed by atoms with Crippen molar-refractivity contribution in [3.63, 3.8) is 0 Å². The van der Waals surface area contributed by atoms with Gasteiger partial charge in [-0.15, -0.1) is 0 Å². The number of rotatable bonds is 7. The lowest BCUT2D eigenvalue weighted by molar-refractivity contribution is 0.0691. The fourth-order valence-corrected chi connectivity index (χ4v) is 5.05. The van der Waals surface area contributed by atoms with Crippen molar-refractivity contribution >= 4 is 17.0 Å². The van der Waals surface area contributed by atoms with Crippen LogP contribution in [0.15, 0.2) is 29.2 Å². The summed E-state index contributed by atoms with van der Waals surface area (Å²) in [6, 6.07) is 3.94. The molecular formula is C22H21F4NO4S. The third kappa shape index (κ3) is 4.80. The molecule has 1 N–H and O–H groups in total. The van der Waals surface area contributed by atoms with Gasteiger partial charge in [-0.05, 0) is 61.3 Å². The van der Waals surface area contributed by atoms with Gasteiger partial charge in [-0.25, -0.2) is 30.9 Å². The second-order valence-electron chi connectivity index (χ2n) is 8.08. The van der Waals surface area contributed by atoms with Crippen LogP contribution in [0, 0.1) is 29.2 Å². The molecule has 0 radical (unpaired) electrons. The number of carbonyl (C=O) groups is 1. The van der Waals surface area contributed by atoms with E-state index in [0.717, 1.165) is 31.0 Å². The van der Waals surface area contributed by atoms with Crippen molar-refractivity contribution in [1.82, 2.24) is 4.31 Å². The number of nitrogens with zero attached hydrogens (tertiary/aromatic N) is 1. The van der Waals surface area contributed by atoms with Gasteiger partial charge >= 0.3 is 5.97 Å². The average Bonchev–Trinajstić information content (AvgIpc) is 3.60. The largest absolute Gasteiger partial charge is 0.493 e. The molecule has 1 aliphatic heterocycles. The number of carboxylic acids is 1. The van der Waals surface area contributed by atoms with Gasteiger partial charge in [0, 0.05) is 19.2 Å². The van der Waals surface area contributed by atoms with E-state index in [1.54, 1.807) is 4.31 Å². The van der Waals surface area contributed by atoms with Gasteiger partial charge in [0.1, 0.15) is 22.6 Å². The van der Waals surface area contributed by atoms with E-state index in [0.29, 0.717) is 37.2 Å². The highest BCUT2D eigenvalue weighted by Crippen LogP contribution is 2.45. The van der Waals surface area contributed by atoms with Crippen molar-refractivity contribution in [3.05, 3.63) is 58.7 Å². The van der Waals surface area contributed by atoms with Crippen LogP contribution < -0.4 is 4.74 Å². The molecule has 1 atom stereocenters. The summed E-state index contributed by atoms with van der Waals surface area (Å²) in [5.74, 6) is -5.94. The van der Waals surface area contributed by atoms with E-state index < -0.39 is 40.2 Å². The first-order valence-corrected chi connectivity index (χ1v) is 11.4. The van der Waals surface area contributed by atoms with Crippen molar-refractivity contribution in [2.24, 2.45) is 5.92 Å². The average molecular weight is 471 g/mol. The smallest absolute Gasteiger partial charge is 0.338 e. The number of benzene rings is 2. The first kappa shape index (κ1) is 22.7. The van der Waals surface area contributed by atoms with Gasteiger partial charge in [0.15, 0.2) is 17.5 Å². The van der Waals surface area contributed by atoms with Crippen molar-refractivity contribution < 1.29 is 36.4 Å². The van der Waals surface area contributed by atoms with Gasteiger partial charge in [-0.1, -0.05) is 0 Å². The Kier molecular flexibility index (Phi) is 6.52. The lowest BCUT2D eigenvalue weighted by Crippen LogP contribution is -2.36. The number of halogens is 4. The molecule has 1 saturated carbocycles. The van der Waals surface area contributed by atoms with Gasteiger partial charge in [0.05, 0.1) is 17.1 Å². The van der Waals surface area contributed by atoms with Gasteiger partial charge < -0.3 is 9.84 Å². The van der Waals surface area contributed by atoms with Crippen LogP contribution >= 0.6 is 0 Å². The number of carboxylic acid groups (broad SMARTS) is 1. The van der Waals surface area contributed by atoms with Crippen LogP contribution in [0.4, 0.5) is 17.6 Å².